The van der Waals surface area contributed by atoms with Crippen molar-refractivity contribution in [2.24, 2.45) is 0 Å². The van der Waals surface area contributed by atoms with E-state index in [1.165, 1.54) is 28.2 Å². The van der Waals surface area contributed by atoms with Gasteiger partial charge in [-0.2, -0.15) is 0 Å². The first-order valence-corrected chi connectivity index (χ1v) is 12.6. The number of esters is 1. The molecule has 5 rings (SSSR count). The fourth-order valence-corrected chi connectivity index (χ4v) is 7.34. The summed E-state index contributed by atoms with van der Waals surface area (Å²) >= 11 is 4.54. The summed E-state index contributed by atoms with van der Waals surface area (Å²) in [6, 6.07) is 0. The van der Waals surface area contributed by atoms with E-state index in [0.29, 0.717) is 26.5 Å². The normalized spacial score (nSPS) is 14.3. The van der Waals surface area contributed by atoms with Crippen LogP contribution in [-0.4, -0.2) is 32.5 Å². The Morgan fingerprint density at radius 1 is 1.26 bits per heavy atom. The number of thioether (sulfide) groups is 1. The molecule has 1 aliphatic rings. The van der Waals surface area contributed by atoms with Gasteiger partial charge in [-0.15, -0.1) is 22.7 Å². The summed E-state index contributed by atoms with van der Waals surface area (Å²) in [5, 5.41) is 2.40. The van der Waals surface area contributed by atoms with Crippen LogP contribution in [0.5, 0.6) is 0 Å². The lowest BCUT2D eigenvalue weighted by atomic mass is 10.2. The maximum Gasteiger partial charge on any atom is 0.348 e. The minimum absolute atomic E-state index is 0.124. The molecule has 10 heteroatoms. The molecule has 1 N–H and O–H groups in total. The smallest absolute Gasteiger partial charge is 0.348 e. The Labute approximate surface area is 190 Å². The first-order valence-electron chi connectivity index (χ1n) is 10.1. The van der Waals surface area contributed by atoms with E-state index in [9.17, 15) is 9.59 Å². The number of ether oxygens (including phenoxy) is 1. The number of hydrogen-bond acceptors (Lipinski definition) is 9. The number of nitrogens with zero attached hydrogens (tertiary/aromatic N) is 3. The Kier molecular flexibility index (Phi) is 5.31. The van der Waals surface area contributed by atoms with E-state index in [-0.39, 0.29) is 17.4 Å². The Balaban J connectivity index is 1.52. The molecule has 4 aromatic heterocycles. The van der Waals surface area contributed by atoms with Crippen molar-refractivity contribution in [2.45, 2.75) is 50.3 Å². The Morgan fingerprint density at radius 3 is 2.90 bits per heavy atom. The second kappa shape index (κ2) is 7.99. The van der Waals surface area contributed by atoms with E-state index >= 15 is 0 Å². The van der Waals surface area contributed by atoms with Crippen LogP contribution in [0.15, 0.2) is 16.1 Å². The van der Waals surface area contributed by atoms with Crippen LogP contribution < -0.4 is 5.56 Å². The van der Waals surface area contributed by atoms with Crippen molar-refractivity contribution in [1.29, 1.82) is 0 Å². The molecule has 0 unspecified atom stereocenters. The van der Waals surface area contributed by atoms with Crippen LogP contribution in [0.2, 0.25) is 0 Å². The Hall–Kier alpha value is -2.30. The number of rotatable bonds is 5. The summed E-state index contributed by atoms with van der Waals surface area (Å²) < 4.78 is 5.12. The second-order valence-corrected chi connectivity index (χ2v) is 10.8. The number of aromatic nitrogens is 4. The van der Waals surface area contributed by atoms with Crippen LogP contribution in [0.4, 0.5) is 0 Å². The van der Waals surface area contributed by atoms with Gasteiger partial charge in [0.15, 0.2) is 0 Å². The third-order valence-electron chi connectivity index (χ3n) is 5.42. The molecule has 1 aliphatic carbocycles. The van der Waals surface area contributed by atoms with Gasteiger partial charge in [0.2, 0.25) is 0 Å². The first kappa shape index (κ1) is 20.6. The number of fused-ring (bicyclic) bond motifs is 4. The number of carbonyl (C=O) groups is 1. The second-order valence-electron chi connectivity index (χ2n) is 7.38. The van der Waals surface area contributed by atoms with Crippen molar-refractivity contribution in [2.75, 3.05) is 6.61 Å². The molecule has 1 atom stereocenters. The van der Waals surface area contributed by atoms with Gasteiger partial charge in [-0.1, -0.05) is 11.8 Å². The van der Waals surface area contributed by atoms with Crippen LogP contribution in [0.1, 0.15) is 57.0 Å². The fourth-order valence-electron chi connectivity index (χ4n) is 3.96. The highest BCUT2D eigenvalue weighted by atomic mass is 32.2. The average Bonchev–Trinajstić information content (AvgIpc) is 3.41. The highest BCUT2D eigenvalue weighted by Crippen LogP contribution is 2.43. The molecule has 4 aromatic rings. The molecule has 7 nitrogen and oxygen atoms in total. The van der Waals surface area contributed by atoms with Crippen molar-refractivity contribution in [3.05, 3.63) is 43.4 Å². The van der Waals surface area contributed by atoms with Gasteiger partial charge in [-0.3, -0.25) is 4.79 Å². The number of H-pyrrole nitrogens is 1. The van der Waals surface area contributed by atoms with Gasteiger partial charge in [0.05, 0.1) is 17.2 Å². The zero-order chi connectivity index (χ0) is 21.7. The lowest BCUT2D eigenvalue weighted by molar-refractivity contribution is 0.0531. The molecular weight excluding hydrogens is 452 g/mol. The lowest BCUT2D eigenvalue weighted by Gasteiger charge is -2.11. The summed E-state index contributed by atoms with van der Waals surface area (Å²) in [6.45, 7) is 5.81. The maximum absolute atomic E-state index is 12.8. The third-order valence-corrected chi connectivity index (χ3v) is 8.89. The minimum atomic E-state index is -0.416. The number of thiophene rings is 2. The standard InChI is InChI=1S/C21H20N4O3S3/c1-4-28-21(27)15-9(2)13-17(26)24-16(25-20(13)31-15)10(3)29-18-14-11-6-5-7-12(11)30-19(14)23-8-22-18/h8,10H,4-7H2,1-3H3,(H,24,25,26)/t10-/m1/s1. The van der Waals surface area contributed by atoms with Gasteiger partial charge in [-0.25, -0.2) is 19.7 Å². The van der Waals surface area contributed by atoms with Gasteiger partial charge in [0.1, 0.15) is 31.7 Å². The molecule has 0 spiro atoms. The highest BCUT2D eigenvalue weighted by Gasteiger charge is 2.24. The van der Waals surface area contributed by atoms with E-state index in [4.69, 9.17) is 4.74 Å². The van der Waals surface area contributed by atoms with Gasteiger partial charge < -0.3 is 9.72 Å². The van der Waals surface area contributed by atoms with Crippen LogP contribution in [-0.2, 0) is 17.6 Å². The van der Waals surface area contributed by atoms with E-state index in [1.807, 2.05) is 6.92 Å². The van der Waals surface area contributed by atoms with Gasteiger partial charge in [-0.05, 0) is 51.2 Å². The number of hydrogen-bond donors (Lipinski definition) is 1. The van der Waals surface area contributed by atoms with Crippen molar-refractivity contribution in [3.63, 3.8) is 0 Å². The quantitative estimate of drug-likeness (QED) is 0.253. The SMILES string of the molecule is CCOC(=O)c1sc2nc([C@@H](C)Sc3ncnc4sc5c(c34)CCC5)[nH]c(=O)c2c1C. The van der Waals surface area contributed by atoms with E-state index in [0.717, 1.165) is 28.1 Å². The predicted molar refractivity (Wildman–Crippen MR) is 125 cm³/mol. The van der Waals surface area contributed by atoms with E-state index < -0.39 is 5.97 Å². The van der Waals surface area contributed by atoms with Gasteiger partial charge >= 0.3 is 5.97 Å². The summed E-state index contributed by atoms with van der Waals surface area (Å²) in [6.07, 6.45) is 4.97. The average molecular weight is 473 g/mol. The zero-order valence-corrected chi connectivity index (χ0v) is 19.7. The third kappa shape index (κ3) is 3.46. The summed E-state index contributed by atoms with van der Waals surface area (Å²) in [4.78, 5) is 45.1. The first-order chi connectivity index (χ1) is 15.0. The van der Waals surface area contributed by atoms with Crippen LogP contribution in [0, 0.1) is 6.92 Å². The van der Waals surface area contributed by atoms with Crippen LogP contribution in [0.3, 0.4) is 0 Å². The summed E-state index contributed by atoms with van der Waals surface area (Å²) in [5.74, 6) is 0.152. The molecule has 31 heavy (non-hydrogen) atoms. The number of aryl methyl sites for hydroxylation is 3. The zero-order valence-electron chi connectivity index (χ0n) is 17.3. The molecule has 0 aliphatic heterocycles. The lowest BCUT2D eigenvalue weighted by Crippen LogP contribution is -2.13. The van der Waals surface area contributed by atoms with Gasteiger partial charge in [0, 0.05) is 10.3 Å². The Bertz CT molecular complexity index is 1390. The largest absolute Gasteiger partial charge is 0.462 e. The summed E-state index contributed by atoms with van der Waals surface area (Å²) in [5.41, 5.74) is 1.76. The summed E-state index contributed by atoms with van der Waals surface area (Å²) in [7, 11) is 0. The molecule has 160 valence electrons. The van der Waals surface area contributed by atoms with Crippen LogP contribution in [0.25, 0.3) is 20.4 Å². The molecule has 0 fully saturated rings. The molecule has 0 saturated heterocycles. The fraction of sp³-hybridized carbons (Fsp3) is 0.381. The molecule has 4 heterocycles. The van der Waals surface area contributed by atoms with E-state index in [2.05, 4.69) is 19.9 Å². The molecule has 0 radical (unpaired) electrons. The van der Waals surface area contributed by atoms with Gasteiger partial charge in [0.25, 0.3) is 5.56 Å². The van der Waals surface area contributed by atoms with Crippen molar-refractivity contribution in [1.82, 2.24) is 19.9 Å². The van der Waals surface area contributed by atoms with Crippen molar-refractivity contribution in [3.8, 4) is 0 Å². The number of aromatic amines is 1. The van der Waals surface area contributed by atoms with E-state index in [1.54, 1.807) is 43.3 Å². The number of carbonyl (C=O) groups excluding carboxylic acids is 1. The highest BCUT2D eigenvalue weighted by molar-refractivity contribution is 7.99. The monoisotopic (exact) mass is 472 g/mol. The maximum atomic E-state index is 12.8. The molecule has 0 aromatic carbocycles. The minimum Gasteiger partial charge on any atom is -0.462 e. The van der Waals surface area contributed by atoms with Crippen molar-refractivity contribution < 1.29 is 9.53 Å². The molecule has 0 bridgehead atoms. The number of nitrogens with one attached hydrogen (secondary N) is 1. The van der Waals surface area contributed by atoms with Crippen molar-refractivity contribution >= 4 is 60.8 Å². The molecular formula is C21H20N4O3S3. The molecule has 0 saturated carbocycles. The Morgan fingerprint density at radius 2 is 2.10 bits per heavy atom. The topological polar surface area (TPSA) is 97.8 Å². The predicted octanol–water partition coefficient (Wildman–Crippen LogP) is 4.82. The van der Waals surface area contributed by atoms with Crippen LogP contribution >= 0.6 is 34.4 Å². The molecule has 0 amide bonds.